The van der Waals surface area contributed by atoms with Crippen LogP contribution >= 0.6 is 15.9 Å². The lowest BCUT2D eigenvalue weighted by Gasteiger charge is -2.14. The van der Waals surface area contributed by atoms with Crippen LogP contribution in [-0.4, -0.2) is 0 Å². The summed E-state index contributed by atoms with van der Waals surface area (Å²) in [5, 5.41) is 0.757. The molecule has 5 aromatic rings. The average Bonchev–Trinajstić information content (AvgIpc) is 2.88. The maximum atomic E-state index is 8.68. The molecule has 0 spiro atoms. The van der Waals surface area contributed by atoms with Crippen molar-refractivity contribution in [2.24, 2.45) is 0 Å². The van der Waals surface area contributed by atoms with E-state index in [1.807, 2.05) is 54.6 Å². The molecule has 128 valence electrons. The predicted molar refractivity (Wildman–Crippen MR) is 120 cm³/mol. The number of halogens is 1. The van der Waals surface area contributed by atoms with Crippen molar-refractivity contribution in [3.05, 3.63) is 107 Å². The van der Waals surface area contributed by atoms with Crippen LogP contribution in [0.15, 0.2) is 107 Å². The molecule has 1 heteroatoms. The van der Waals surface area contributed by atoms with Crippen LogP contribution in [-0.2, 0) is 0 Å². The van der Waals surface area contributed by atoms with E-state index in [9.17, 15) is 0 Å². The molecule has 0 aliphatic rings. The van der Waals surface area contributed by atoms with Crippen molar-refractivity contribution >= 4 is 37.5 Å². The van der Waals surface area contributed by atoms with Gasteiger partial charge in [0.05, 0.1) is 11.0 Å². The van der Waals surface area contributed by atoms with Gasteiger partial charge >= 0.3 is 0 Å². The van der Waals surface area contributed by atoms with Crippen LogP contribution < -0.4 is 0 Å². The van der Waals surface area contributed by atoms with Gasteiger partial charge in [-0.25, -0.2) is 0 Å². The molecule has 5 aromatic carbocycles. The Bertz CT molecular complexity index is 1580. The summed E-state index contributed by atoms with van der Waals surface area (Å²) in [5.41, 5.74) is 2.89. The summed E-state index contributed by atoms with van der Waals surface area (Å²) in [6, 6.07) is 14.5. The van der Waals surface area contributed by atoms with E-state index in [0.29, 0.717) is 11.1 Å². The monoisotopic (exact) mass is 416 g/mol. The van der Waals surface area contributed by atoms with Crippen molar-refractivity contribution in [2.75, 3.05) is 0 Å². The van der Waals surface area contributed by atoms with Crippen molar-refractivity contribution in [3.63, 3.8) is 0 Å². The SMILES string of the molecule is [2H]c1c([2H])c([2H])c2c(-c3ccc(-c4ccccc4)cc3)c3c([2H])c([2H])c([2H])c([2H])c3c(Br)c2c1[2H]. The third kappa shape index (κ3) is 2.75. The molecule has 0 aliphatic carbocycles. The van der Waals surface area contributed by atoms with Gasteiger partial charge in [0, 0.05) is 4.47 Å². The predicted octanol–water partition coefficient (Wildman–Crippen LogP) is 8.09. The zero-order chi connectivity index (χ0) is 25.2. The summed E-state index contributed by atoms with van der Waals surface area (Å²) < 4.78 is 67.6. The third-order valence-electron chi connectivity index (χ3n) is 4.59. The highest BCUT2D eigenvalue weighted by Gasteiger charge is 2.13. The second kappa shape index (κ2) is 6.68. The minimum Gasteiger partial charge on any atom is -0.0622 e. The molecule has 27 heavy (non-hydrogen) atoms. The maximum Gasteiger partial charge on any atom is 0.0630 e. The molecule has 0 saturated carbocycles. The lowest BCUT2D eigenvalue weighted by atomic mass is 9.91. The van der Waals surface area contributed by atoms with Crippen LogP contribution in [0.3, 0.4) is 0 Å². The Morgan fingerprint density at radius 2 is 0.963 bits per heavy atom. The molecule has 0 heterocycles. The number of benzene rings is 5. The molecule has 0 bridgehead atoms. The second-order valence-electron chi connectivity index (χ2n) is 6.13. The molecule has 0 radical (unpaired) electrons. The first-order chi connectivity index (χ1) is 16.6. The Kier molecular flexibility index (Phi) is 2.44. The molecule has 0 amide bonds. The fraction of sp³-hybridized carbons (Fsp3) is 0. The van der Waals surface area contributed by atoms with Gasteiger partial charge in [0.15, 0.2) is 0 Å². The largest absolute Gasteiger partial charge is 0.0630 e. The summed E-state index contributed by atoms with van der Waals surface area (Å²) in [6.45, 7) is 0. The van der Waals surface area contributed by atoms with E-state index in [2.05, 4.69) is 15.9 Å². The molecule has 0 aromatic heterocycles. The number of rotatable bonds is 2. The Morgan fingerprint density at radius 1 is 0.519 bits per heavy atom. The number of fused-ring (bicyclic) bond motifs is 2. The van der Waals surface area contributed by atoms with E-state index in [0.717, 1.165) is 11.1 Å². The Balaban J connectivity index is 2.00. The van der Waals surface area contributed by atoms with Gasteiger partial charge in [-0.3, -0.25) is 0 Å². The van der Waals surface area contributed by atoms with Crippen LogP contribution in [0, 0.1) is 0 Å². The molecule has 0 saturated heterocycles. The fourth-order valence-electron chi connectivity index (χ4n) is 3.33. The van der Waals surface area contributed by atoms with E-state index < -0.39 is 24.2 Å². The summed E-state index contributed by atoms with van der Waals surface area (Å²) in [6.07, 6.45) is 0. The normalized spacial score (nSPS) is 15.3. The highest BCUT2D eigenvalue weighted by Crippen LogP contribution is 2.41. The zero-order valence-electron chi connectivity index (χ0n) is 22.1. The van der Waals surface area contributed by atoms with E-state index in [1.54, 1.807) is 0 Å². The molecular formula is C26H17Br. The van der Waals surface area contributed by atoms with Crippen molar-refractivity contribution in [1.29, 1.82) is 0 Å². The number of hydrogen-bond acceptors (Lipinski definition) is 0. The minimum atomic E-state index is -0.409. The quantitative estimate of drug-likeness (QED) is 0.255. The molecule has 0 unspecified atom stereocenters. The van der Waals surface area contributed by atoms with Crippen molar-refractivity contribution in [2.45, 2.75) is 0 Å². The van der Waals surface area contributed by atoms with Gasteiger partial charge in [0.25, 0.3) is 0 Å². The van der Waals surface area contributed by atoms with Crippen LogP contribution in [0.2, 0.25) is 0 Å². The van der Waals surface area contributed by atoms with E-state index in [4.69, 9.17) is 11.0 Å². The standard InChI is InChI=1S/C26H17Br/c27-26-23-12-6-4-10-21(23)25(22-11-5-7-13-24(22)26)20-16-14-19(15-17-20)18-8-2-1-3-9-18/h1-17H/i4D,5D,6D,7D,10D,11D,12D,13D. The molecule has 0 atom stereocenters. The highest BCUT2D eigenvalue weighted by atomic mass is 79.9. The van der Waals surface area contributed by atoms with Crippen LogP contribution in [0.4, 0.5) is 0 Å². The van der Waals surface area contributed by atoms with Gasteiger partial charge in [-0.05, 0) is 59.7 Å². The zero-order valence-corrected chi connectivity index (χ0v) is 15.7. The van der Waals surface area contributed by atoms with Crippen molar-refractivity contribution < 1.29 is 11.0 Å². The van der Waals surface area contributed by atoms with Gasteiger partial charge in [0.2, 0.25) is 0 Å². The topological polar surface area (TPSA) is 0 Å². The van der Waals surface area contributed by atoms with Gasteiger partial charge in [0.1, 0.15) is 0 Å². The third-order valence-corrected chi connectivity index (χ3v) is 5.39. The Morgan fingerprint density at radius 3 is 1.52 bits per heavy atom. The van der Waals surface area contributed by atoms with Gasteiger partial charge < -0.3 is 0 Å². The summed E-state index contributed by atoms with van der Waals surface area (Å²) in [5.74, 6) is 0. The molecule has 0 aliphatic heterocycles. The lowest BCUT2D eigenvalue weighted by Crippen LogP contribution is -1.87. The van der Waals surface area contributed by atoms with Gasteiger partial charge in [-0.2, -0.15) is 0 Å². The molecule has 5 rings (SSSR count). The summed E-state index contributed by atoms with van der Waals surface area (Å²) >= 11 is 3.42. The van der Waals surface area contributed by atoms with Crippen molar-refractivity contribution in [3.8, 4) is 22.3 Å². The van der Waals surface area contributed by atoms with Crippen LogP contribution in [0.5, 0.6) is 0 Å². The summed E-state index contributed by atoms with van der Waals surface area (Å²) in [4.78, 5) is 0. The van der Waals surface area contributed by atoms with E-state index in [-0.39, 0.29) is 50.2 Å². The first kappa shape index (κ1) is 9.87. The molecular weight excluding hydrogens is 392 g/mol. The second-order valence-corrected chi connectivity index (χ2v) is 6.93. The van der Waals surface area contributed by atoms with Gasteiger partial charge in [-0.1, -0.05) is 103 Å². The van der Waals surface area contributed by atoms with Crippen LogP contribution in [0.1, 0.15) is 11.0 Å². The first-order valence-corrected chi connectivity index (χ1v) is 9.21. The Hall–Kier alpha value is -2.90. The maximum absolute atomic E-state index is 8.68. The van der Waals surface area contributed by atoms with E-state index >= 15 is 0 Å². The highest BCUT2D eigenvalue weighted by molar-refractivity contribution is 9.10. The average molecular weight is 417 g/mol. The summed E-state index contributed by atoms with van der Waals surface area (Å²) in [7, 11) is 0. The minimum absolute atomic E-state index is 0.177. The molecule has 0 fully saturated rings. The van der Waals surface area contributed by atoms with E-state index in [1.165, 1.54) is 0 Å². The molecule has 0 N–H and O–H groups in total. The van der Waals surface area contributed by atoms with Gasteiger partial charge in [-0.15, -0.1) is 0 Å². The van der Waals surface area contributed by atoms with Crippen molar-refractivity contribution in [1.82, 2.24) is 0 Å². The first-order valence-electron chi connectivity index (χ1n) is 12.4. The lowest BCUT2D eigenvalue weighted by molar-refractivity contribution is 1.61. The smallest absolute Gasteiger partial charge is 0.0622 e. The number of hydrogen-bond donors (Lipinski definition) is 0. The Labute approximate surface area is 178 Å². The van der Waals surface area contributed by atoms with Crippen LogP contribution in [0.25, 0.3) is 43.8 Å². The fourth-order valence-corrected chi connectivity index (χ4v) is 3.92. The molecule has 0 nitrogen and oxygen atoms in total.